The van der Waals surface area contributed by atoms with Crippen LogP contribution in [0.4, 0.5) is 27.6 Å². The lowest BCUT2D eigenvalue weighted by Gasteiger charge is -2.06. The van der Waals surface area contributed by atoms with E-state index in [1.807, 2.05) is 0 Å². The van der Waals surface area contributed by atoms with Crippen molar-refractivity contribution in [3.8, 4) is 11.5 Å². The topological polar surface area (TPSA) is 86.5 Å². The summed E-state index contributed by atoms with van der Waals surface area (Å²) in [6.07, 6.45) is -3.31. The van der Waals surface area contributed by atoms with Crippen molar-refractivity contribution in [2.75, 3.05) is 5.32 Å². The first-order valence-corrected chi connectivity index (χ1v) is 9.00. The highest BCUT2D eigenvalue weighted by molar-refractivity contribution is 9.10. The summed E-state index contributed by atoms with van der Waals surface area (Å²) >= 11 is 3.06. The molecule has 0 atom stereocenters. The van der Waals surface area contributed by atoms with Crippen molar-refractivity contribution in [2.45, 2.75) is 6.18 Å². The summed E-state index contributed by atoms with van der Waals surface area (Å²) in [5.74, 6) is -3.13. The number of halogens is 6. The second kappa shape index (κ2) is 7.20. The average Bonchev–Trinajstić information content (AvgIpc) is 3.27. The fourth-order valence-electron chi connectivity index (χ4n) is 2.82. The molecule has 0 fully saturated rings. The summed E-state index contributed by atoms with van der Waals surface area (Å²) in [6, 6.07) is 4.76. The lowest BCUT2D eigenvalue weighted by molar-refractivity contribution is -0.137. The molecule has 0 unspecified atom stereocenters. The Labute approximate surface area is 172 Å². The summed E-state index contributed by atoms with van der Waals surface area (Å²) in [5.41, 5.74) is -1.33. The van der Waals surface area contributed by atoms with E-state index in [1.54, 1.807) is 0 Å². The molecule has 0 saturated heterocycles. The maximum Gasteiger partial charge on any atom is 0.416 e. The Morgan fingerprint density at radius 3 is 2.50 bits per heavy atom. The number of carbonyl (C=O) groups is 1. The van der Waals surface area contributed by atoms with Crippen LogP contribution in [0.1, 0.15) is 15.9 Å². The molecule has 0 saturated carbocycles. The van der Waals surface area contributed by atoms with E-state index < -0.39 is 34.8 Å². The first-order valence-electron chi connectivity index (χ1n) is 8.21. The summed E-state index contributed by atoms with van der Waals surface area (Å²) in [7, 11) is 0. The number of hydrogen-bond donors (Lipinski definition) is 3. The van der Waals surface area contributed by atoms with Gasteiger partial charge in [0.05, 0.1) is 16.8 Å². The van der Waals surface area contributed by atoms with E-state index in [-0.39, 0.29) is 32.7 Å². The number of imidazole rings is 1. The number of fused-ring (bicyclic) bond motifs is 1. The second-order valence-electron chi connectivity index (χ2n) is 6.14. The maximum atomic E-state index is 13.8. The van der Waals surface area contributed by atoms with Crippen molar-refractivity contribution < 1.29 is 26.7 Å². The van der Waals surface area contributed by atoms with E-state index in [0.717, 1.165) is 30.3 Å². The van der Waals surface area contributed by atoms with Crippen LogP contribution in [0.3, 0.4) is 0 Å². The standard InChI is InChI=1S/C18H9BrF5N5O/c19-8-4-7(18(22,23)24)5-11-14(8)28-16(26-11)15-12(6-25-29-15)27-17(30)13-9(20)2-1-3-10(13)21/h1-6H,(H,25,29)(H,26,28)(H,27,30). The lowest BCUT2D eigenvalue weighted by Crippen LogP contribution is -2.16. The number of amides is 1. The number of H-pyrrole nitrogens is 2. The van der Waals surface area contributed by atoms with Gasteiger partial charge >= 0.3 is 6.18 Å². The van der Waals surface area contributed by atoms with Crippen LogP contribution in [-0.4, -0.2) is 26.1 Å². The highest BCUT2D eigenvalue weighted by Gasteiger charge is 2.32. The molecule has 154 valence electrons. The fourth-order valence-corrected chi connectivity index (χ4v) is 3.37. The minimum atomic E-state index is -4.56. The molecule has 2 aromatic carbocycles. The SMILES string of the molecule is O=C(Nc1c[nH]nc1-c1nc2c(Br)cc(C(F)(F)F)cc2[nH]1)c1c(F)cccc1F. The van der Waals surface area contributed by atoms with Crippen molar-refractivity contribution >= 4 is 38.6 Å². The molecule has 0 bridgehead atoms. The average molecular weight is 486 g/mol. The molecule has 4 aromatic rings. The molecule has 30 heavy (non-hydrogen) atoms. The van der Waals surface area contributed by atoms with Crippen molar-refractivity contribution in [2.24, 2.45) is 0 Å². The van der Waals surface area contributed by atoms with E-state index in [0.29, 0.717) is 0 Å². The summed E-state index contributed by atoms with van der Waals surface area (Å²) in [4.78, 5) is 19.2. The van der Waals surface area contributed by atoms with Crippen LogP contribution in [0.2, 0.25) is 0 Å². The largest absolute Gasteiger partial charge is 0.416 e. The number of benzene rings is 2. The Hall–Kier alpha value is -3.28. The molecule has 2 heterocycles. The molecular formula is C18H9BrF5N5O. The van der Waals surface area contributed by atoms with Gasteiger partial charge in [0.15, 0.2) is 11.5 Å². The summed E-state index contributed by atoms with van der Waals surface area (Å²) in [5, 5.41) is 8.71. The first kappa shape index (κ1) is 20.0. The van der Waals surface area contributed by atoms with Crippen molar-refractivity contribution in [3.05, 3.63) is 63.8 Å². The number of nitrogens with zero attached hydrogens (tertiary/aromatic N) is 2. The van der Waals surface area contributed by atoms with Gasteiger partial charge in [-0.1, -0.05) is 6.07 Å². The van der Waals surface area contributed by atoms with Crippen LogP contribution in [-0.2, 0) is 6.18 Å². The van der Waals surface area contributed by atoms with Crippen LogP contribution in [0.15, 0.2) is 41.0 Å². The third kappa shape index (κ3) is 3.54. The van der Waals surface area contributed by atoms with Crippen LogP contribution in [0, 0.1) is 11.6 Å². The molecule has 1 amide bonds. The molecule has 12 heteroatoms. The predicted molar refractivity (Wildman–Crippen MR) is 101 cm³/mol. The Bertz CT molecular complexity index is 1260. The van der Waals surface area contributed by atoms with Crippen molar-refractivity contribution in [1.29, 1.82) is 0 Å². The molecule has 0 aliphatic carbocycles. The minimum Gasteiger partial charge on any atom is -0.336 e. The zero-order valence-electron chi connectivity index (χ0n) is 14.5. The number of alkyl halides is 3. The first-order chi connectivity index (χ1) is 14.1. The zero-order valence-corrected chi connectivity index (χ0v) is 16.1. The highest BCUT2D eigenvalue weighted by Crippen LogP contribution is 2.36. The van der Waals surface area contributed by atoms with Crippen molar-refractivity contribution in [3.63, 3.8) is 0 Å². The molecule has 0 aliphatic heterocycles. The van der Waals surface area contributed by atoms with Gasteiger partial charge < -0.3 is 10.3 Å². The van der Waals surface area contributed by atoms with E-state index in [1.165, 1.54) is 6.20 Å². The number of aromatic amines is 2. The summed E-state index contributed by atoms with van der Waals surface area (Å²) < 4.78 is 66.8. The fraction of sp³-hybridized carbons (Fsp3) is 0.0556. The molecule has 6 nitrogen and oxygen atoms in total. The lowest BCUT2D eigenvalue weighted by atomic mass is 10.2. The highest BCUT2D eigenvalue weighted by atomic mass is 79.9. The number of nitrogens with one attached hydrogen (secondary N) is 3. The second-order valence-corrected chi connectivity index (χ2v) is 6.99. The Balaban J connectivity index is 1.72. The minimum absolute atomic E-state index is 0.0221. The molecule has 0 radical (unpaired) electrons. The normalized spacial score (nSPS) is 11.8. The number of anilines is 1. The van der Waals surface area contributed by atoms with Crippen LogP contribution >= 0.6 is 15.9 Å². The molecule has 0 aliphatic rings. The monoisotopic (exact) mass is 485 g/mol. The van der Waals surface area contributed by atoms with E-state index in [2.05, 4.69) is 41.4 Å². The van der Waals surface area contributed by atoms with Crippen LogP contribution < -0.4 is 5.32 Å². The van der Waals surface area contributed by atoms with Gasteiger partial charge in [-0.3, -0.25) is 9.89 Å². The predicted octanol–water partition coefficient (Wildman–Crippen LogP) is 5.26. The number of rotatable bonds is 3. The smallest absolute Gasteiger partial charge is 0.336 e. The molecule has 0 spiro atoms. The van der Waals surface area contributed by atoms with Gasteiger partial charge in [-0.05, 0) is 40.2 Å². The van der Waals surface area contributed by atoms with Gasteiger partial charge in [0.2, 0.25) is 0 Å². The van der Waals surface area contributed by atoms with E-state index in [9.17, 15) is 26.7 Å². The van der Waals surface area contributed by atoms with Gasteiger partial charge in [0, 0.05) is 10.7 Å². The summed E-state index contributed by atoms with van der Waals surface area (Å²) in [6.45, 7) is 0. The van der Waals surface area contributed by atoms with Crippen LogP contribution in [0.25, 0.3) is 22.6 Å². The van der Waals surface area contributed by atoms with Gasteiger partial charge in [0.1, 0.15) is 22.7 Å². The maximum absolute atomic E-state index is 13.8. The third-order valence-corrected chi connectivity index (χ3v) is 4.77. The molecule has 2 aromatic heterocycles. The number of carbonyl (C=O) groups excluding carboxylic acids is 1. The number of aromatic nitrogens is 4. The van der Waals surface area contributed by atoms with E-state index in [4.69, 9.17) is 0 Å². The Morgan fingerprint density at radius 2 is 1.83 bits per heavy atom. The zero-order chi connectivity index (χ0) is 21.6. The van der Waals surface area contributed by atoms with Gasteiger partial charge in [-0.2, -0.15) is 18.3 Å². The van der Waals surface area contributed by atoms with Gasteiger partial charge in [0.25, 0.3) is 5.91 Å². The third-order valence-electron chi connectivity index (χ3n) is 4.17. The molecule has 3 N–H and O–H groups in total. The molecule has 4 rings (SSSR count). The Kier molecular flexibility index (Phi) is 4.80. The quantitative estimate of drug-likeness (QED) is 0.345. The van der Waals surface area contributed by atoms with E-state index >= 15 is 0 Å². The molecular weight excluding hydrogens is 477 g/mol. The van der Waals surface area contributed by atoms with Crippen molar-refractivity contribution in [1.82, 2.24) is 20.2 Å². The number of hydrogen-bond acceptors (Lipinski definition) is 3. The van der Waals surface area contributed by atoms with Gasteiger partial charge in [-0.15, -0.1) is 0 Å². The van der Waals surface area contributed by atoms with Gasteiger partial charge in [-0.25, -0.2) is 13.8 Å². The van der Waals surface area contributed by atoms with Crippen LogP contribution in [0.5, 0.6) is 0 Å². The Morgan fingerprint density at radius 1 is 1.13 bits per heavy atom.